The number of hydrogen-bond donors (Lipinski definition) is 2. The zero-order valence-electron chi connectivity index (χ0n) is 10.6. The summed E-state index contributed by atoms with van der Waals surface area (Å²) in [6, 6.07) is 3.38. The van der Waals surface area contributed by atoms with E-state index in [1.54, 1.807) is 12.1 Å². The van der Waals surface area contributed by atoms with E-state index in [2.05, 4.69) is 33.9 Å². The van der Waals surface area contributed by atoms with Gasteiger partial charge in [0.1, 0.15) is 11.5 Å². The molecule has 0 aromatic heterocycles. The van der Waals surface area contributed by atoms with Crippen molar-refractivity contribution < 1.29 is 9.53 Å². The van der Waals surface area contributed by atoms with Gasteiger partial charge in [-0.05, 0) is 30.6 Å². The molecular formula is C12H20NO2Si. The van der Waals surface area contributed by atoms with Crippen LogP contribution in [0.25, 0.3) is 0 Å². The van der Waals surface area contributed by atoms with E-state index in [1.165, 1.54) is 0 Å². The summed E-state index contributed by atoms with van der Waals surface area (Å²) < 4.78 is 5.82. The van der Waals surface area contributed by atoms with Crippen molar-refractivity contribution in [1.29, 1.82) is 0 Å². The van der Waals surface area contributed by atoms with Gasteiger partial charge < -0.3 is 15.3 Å². The van der Waals surface area contributed by atoms with Crippen molar-refractivity contribution in [1.82, 2.24) is 0 Å². The van der Waals surface area contributed by atoms with Crippen LogP contribution in [0, 0.1) is 0 Å². The van der Waals surface area contributed by atoms with Gasteiger partial charge in [0, 0.05) is 5.56 Å². The van der Waals surface area contributed by atoms with Crippen LogP contribution >= 0.6 is 0 Å². The number of anilines is 1. The van der Waals surface area contributed by atoms with Crippen LogP contribution in [0.3, 0.4) is 0 Å². The van der Waals surface area contributed by atoms with Crippen LogP contribution in [0.1, 0.15) is 26.3 Å². The monoisotopic (exact) mass is 238 g/mol. The minimum atomic E-state index is -0.835. The van der Waals surface area contributed by atoms with Crippen molar-refractivity contribution in [3.63, 3.8) is 0 Å². The van der Waals surface area contributed by atoms with Gasteiger partial charge in [-0.1, -0.05) is 20.8 Å². The number of benzene rings is 1. The van der Waals surface area contributed by atoms with Gasteiger partial charge in [0.05, 0.1) is 5.69 Å². The topological polar surface area (TPSA) is 55.5 Å². The Balaban J connectivity index is 3.33. The highest BCUT2D eigenvalue weighted by Crippen LogP contribution is 2.40. The molecule has 1 aromatic carbocycles. The molecule has 0 saturated carbocycles. The van der Waals surface area contributed by atoms with Gasteiger partial charge in [-0.3, -0.25) is 0 Å². The lowest BCUT2D eigenvalue weighted by molar-refractivity contribution is 0.468. The highest BCUT2D eigenvalue weighted by Gasteiger charge is 2.24. The van der Waals surface area contributed by atoms with Crippen LogP contribution in [0.15, 0.2) is 12.1 Å². The Hall–Kier alpha value is -1.16. The Morgan fingerprint density at radius 1 is 1.25 bits per heavy atom. The van der Waals surface area contributed by atoms with Gasteiger partial charge in [0.25, 0.3) is 9.04 Å². The fraction of sp³-hybridized carbons (Fsp3) is 0.500. The zero-order valence-corrected chi connectivity index (χ0v) is 11.6. The number of nitrogens with two attached hydrogens (primary N) is 1. The van der Waals surface area contributed by atoms with Crippen LogP contribution in [0.2, 0.25) is 13.1 Å². The van der Waals surface area contributed by atoms with Gasteiger partial charge in [-0.25, -0.2) is 0 Å². The Morgan fingerprint density at radius 3 is 2.25 bits per heavy atom. The van der Waals surface area contributed by atoms with Gasteiger partial charge in [0.15, 0.2) is 0 Å². The van der Waals surface area contributed by atoms with E-state index in [0.29, 0.717) is 5.69 Å². The summed E-state index contributed by atoms with van der Waals surface area (Å²) in [7, 11) is -0.835. The van der Waals surface area contributed by atoms with Crippen LogP contribution < -0.4 is 10.2 Å². The quantitative estimate of drug-likeness (QED) is 0.473. The third kappa shape index (κ3) is 2.69. The summed E-state index contributed by atoms with van der Waals surface area (Å²) in [6.45, 7) is 10.3. The molecule has 0 aliphatic heterocycles. The Labute approximate surface area is 99.0 Å². The standard InChI is InChI=1S/C12H20NO2Si/c1-12(2,3)10-9(15-16(4)5)7-6-8(14)11(10)13/h6-7,14H,13H2,1-5H3. The molecule has 3 nitrogen and oxygen atoms in total. The van der Waals surface area contributed by atoms with Gasteiger partial charge in [-0.2, -0.15) is 0 Å². The smallest absolute Gasteiger partial charge is 0.274 e. The Morgan fingerprint density at radius 2 is 1.81 bits per heavy atom. The van der Waals surface area contributed by atoms with E-state index in [-0.39, 0.29) is 11.2 Å². The fourth-order valence-electron chi connectivity index (χ4n) is 1.67. The summed E-state index contributed by atoms with van der Waals surface area (Å²) in [5, 5.41) is 9.65. The first-order chi connectivity index (χ1) is 7.23. The third-order valence-corrected chi connectivity index (χ3v) is 2.88. The number of hydrogen-bond acceptors (Lipinski definition) is 3. The van der Waals surface area contributed by atoms with Crippen LogP contribution in [-0.2, 0) is 5.41 Å². The lowest BCUT2D eigenvalue weighted by Gasteiger charge is -2.26. The highest BCUT2D eigenvalue weighted by atomic mass is 28.3. The van der Waals surface area contributed by atoms with E-state index >= 15 is 0 Å². The summed E-state index contributed by atoms with van der Waals surface area (Å²) in [6.07, 6.45) is 0. The van der Waals surface area contributed by atoms with Crippen LogP contribution in [-0.4, -0.2) is 14.1 Å². The van der Waals surface area contributed by atoms with Crippen molar-refractivity contribution in [2.75, 3.05) is 5.73 Å². The largest absolute Gasteiger partial charge is 0.542 e. The molecule has 0 saturated heterocycles. The maximum absolute atomic E-state index is 9.65. The van der Waals surface area contributed by atoms with Gasteiger partial charge in [-0.15, -0.1) is 0 Å². The first-order valence-electron chi connectivity index (χ1n) is 5.33. The molecule has 0 heterocycles. The number of aromatic hydroxyl groups is 1. The van der Waals surface area contributed by atoms with Crippen molar-refractivity contribution in [3.05, 3.63) is 17.7 Å². The Kier molecular flexibility index (Phi) is 3.53. The summed E-state index contributed by atoms with van der Waals surface area (Å²) in [4.78, 5) is 0. The molecule has 0 fully saturated rings. The number of rotatable bonds is 2. The molecule has 1 rings (SSSR count). The lowest BCUT2D eigenvalue weighted by Crippen LogP contribution is -2.19. The molecule has 0 spiro atoms. The van der Waals surface area contributed by atoms with Crippen molar-refractivity contribution in [2.45, 2.75) is 39.3 Å². The van der Waals surface area contributed by atoms with E-state index < -0.39 is 9.04 Å². The molecule has 0 amide bonds. The minimum Gasteiger partial charge on any atom is -0.542 e. The number of nitrogen functional groups attached to an aromatic ring is 1. The average molecular weight is 238 g/mol. The fourth-order valence-corrected chi connectivity index (χ4v) is 2.28. The second kappa shape index (κ2) is 4.37. The highest BCUT2D eigenvalue weighted by molar-refractivity contribution is 6.49. The minimum absolute atomic E-state index is 0.123. The molecule has 1 radical (unpaired) electrons. The second-order valence-electron chi connectivity index (χ2n) is 5.13. The maximum atomic E-state index is 9.65. The molecule has 89 valence electrons. The maximum Gasteiger partial charge on any atom is 0.274 e. The van der Waals surface area contributed by atoms with Crippen molar-refractivity contribution in [3.8, 4) is 11.5 Å². The second-order valence-corrected chi connectivity index (χ2v) is 7.15. The van der Waals surface area contributed by atoms with Crippen molar-refractivity contribution in [2.24, 2.45) is 0 Å². The molecule has 0 bridgehead atoms. The lowest BCUT2D eigenvalue weighted by atomic mass is 9.85. The molecule has 4 heteroatoms. The first-order valence-corrected chi connectivity index (χ1v) is 7.74. The molecule has 0 atom stereocenters. The average Bonchev–Trinajstić information content (AvgIpc) is 2.08. The molecule has 0 aliphatic rings. The van der Waals surface area contributed by atoms with Crippen LogP contribution in [0.5, 0.6) is 11.5 Å². The Bertz CT molecular complexity index is 383. The van der Waals surface area contributed by atoms with E-state index in [0.717, 1.165) is 11.3 Å². The first kappa shape index (κ1) is 12.9. The van der Waals surface area contributed by atoms with E-state index in [9.17, 15) is 5.11 Å². The molecule has 0 unspecified atom stereocenters. The number of phenols is 1. The molecule has 16 heavy (non-hydrogen) atoms. The normalized spacial score (nSPS) is 11.9. The van der Waals surface area contributed by atoms with E-state index in [1.807, 2.05) is 0 Å². The summed E-state index contributed by atoms with van der Waals surface area (Å²) in [5.74, 6) is 0.917. The summed E-state index contributed by atoms with van der Waals surface area (Å²) in [5.41, 5.74) is 7.10. The molecular weight excluding hydrogens is 218 g/mol. The van der Waals surface area contributed by atoms with Crippen LogP contribution in [0.4, 0.5) is 5.69 Å². The van der Waals surface area contributed by atoms with E-state index in [4.69, 9.17) is 10.2 Å². The molecule has 0 aliphatic carbocycles. The van der Waals surface area contributed by atoms with Gasteiger partial charge in [0.2, 0.25) is 0 Å². The predicted octanol–water partition coefficient (Wildman–Crippen LogP) is 2.90. The SMILES string of the molecule is C[Si](C)Oc1ccc(O)c(N)c1C(C)(C)C. The summed E-state index contributed by atoms with van der Waals surface area (Å²) >= 11 is 0. The number of phenolic OH excluding ortho intramolecular Hbond substituents is 1. The van der Waals surface area contributed by atoms with Crippen molar-refractivity contribution >= 4 is 14.7 Å². The predicted molar refractivity (Wildman–Crippen MR) is 69.3 cm³/mol. The van der Waals surface area contributed by atoms with Gasteiger partial charge >= 0.3 is 0 Å². The zero-order chi connectivity index (χ0) is 12.5. The third-order valence-electron chi connectivity index (χ3n) is 2.25. The molecule has 1 aromatic rings. The molecule has 3 N–H and O–H groups in total.